The van der Waals surface area contributed by atoms with Crippen molar-refractivity contribution in [3.05, 3.63) is 42.5 Å². The van der Waals surface area contributed by atoms with E-state index in [9.17, 15) is 9.59 Å². The molecule has 2 aliphatic rings. The summed E-state index contributed by atoms with van der Waals surface area (Å²) in [6, 6.07) is 9.36. The van der Waals surface area contributed by atoms with Crippen LogP contribution in [0.4, 0.5) is 5.69 Å². The van der Waals surface area contributed by atoms with Gasteiger partial charge in [-0.3, -0.25) is 9.59 Å². The number of carbonyl (C=O) groups is 2. The minimum atomic E-state index is -0.878. The van der Waals surface area contributed by atoms with E-state index in [2.05, 4.69) is 12.2 Å². The summed E-state index contributed by atoms with van der Waals surface area (Å²) < 4.78 is 0. The summed E-state index contributed by atoms with van der Waals surface area (Å²) in [5.41, 5.74) is 0.788. The molecule has 0 spiro atoms. The van der Waals surface area contributed by atoms with E-state index < -0.39 is 5.97 Å². The van der Waals surface area contributed by atoms with Crippen molar-refractivity contribution < 1.29 is 14.7 Å². The van der Waals surface area contributed by atoms with Gasteiger partial charge < -0.3 is 10.0 Å². The van der Waals surface area contributed by atoms with Crippen LogP contribution in [0, 0.1) is 17.8 Å². The lowest BCUT2D eigenvalue weighted by Crippen LogP contribution is -2.39. The first-order valence-corrected chi connectivity index (χ1v) is 7.41. The van der Waals surface area contributed by atoms with Crippen molar-refractivity contribution in [2.45, 2.75) is 19.3 Å². The lowest BCUT2D eigenvalue weighted by molar-refractivity contribution is -0.136. The van der Waals surface area contributed by atoms with E-state index in [-0.39, 0.29) is 24.8 Å². The summed E-state index contributed by atoms with van der Waals surface area (Å²) in [4.78, 5) is 25.4. The molecule has 0 aromatic heterocycles. The van der Waals surface area contributed by atoms with Crippen molar-refractivity contribution in [3.8, 4) is 0 Å². The molecule has 1 aromatic rings. The van der Waals surface area contributed by atoms with Crippen molar-refractivity contribution >= 4 is 17.6 Å². The van der Waals surface area contributed by atoms with Gasteiger partial charge in [0.1, 0.15) is 0 Å². The van der Waals surface area contributed by atoms with Gasteiger partial charge in [-0.1, -0.05) is 30.4 Å². The molecule has 2 bridgehead atoms. The maximum atomic E-state index is 12.8. The molecule has 0 aliphatic heterocycles. The number of nitrogens with zero attached hydrogens (tertiary/aromatic N) is 1. The summed E-state index contributed by atoms with van der Waals surface area (Å²) in [5.74, 6) is 0.0597. The van der Waals surface area contributed by atoms with Crippen LogP contribution in [-0.2, 0) is 9.59 Å². The highest BCUT2D eigenvalue weighted by Crippen LogP contribution is 2.44. The molecule has 4 nitrogen and oxygen atoms in total. The van der Waals surface area contributed by atoms with E-state index in [1.807, 2.05) is 30.3 Å². The van der Waals surface area contributed by atoms with E-state index >= 15 is 0 Å². The van der Waals surface area contributed by atoms with Crippen LogP contribution in [0.2, 0.25) is 0 Å². The van der Waals surface area contributed by atoms with E-state index in [1.54, 1.807) is 4.90 Å². The van der Waals surface area contributed by atoms with Gasteiger partial charge in [-0.2, -0.15) is 0 Å². The molecule has 3 unspecified atom stereocenters. The molecule has 3 atom stereocenters. The topological polar surface area (TPSA) is 57.6 Å². The molecule has 4 heteroatoms. The second-order valence-corrected chi connectivity index (χ2v) is 5.86. The van der Waals surface area contributed by atoms with Gasteiger partial charge in [0.05, 0.1) is 6.42 Å². The molecule has 0 radical (unpaired) electrons. The monoisotopic (exact) mass is 285 g/mol. The minimum absolute atomic E-state index is 0.00833. The molecule has 1 aromatic carbocycles. The Balaban J connectivity index is 1.79. The summed E-state index contributed by atoms with van der Waals surface area (Å²) >= 11 is 0. The fraction of sp³-hybridized carbons (Fsp3) is 0.412. The Hall–Kier alpha value is -2.10. The highest BCUT2D eigenvalue weighted by atomic mass is 16.4. The third kappa shape index (κ3) is 2.84. The Labute approximate surface area is 124 Å². The maximum Gasteiger partial charge on any atom is 0.305 e. The van der Waals surface area contributed by atoms with Crippen molar-refractivity contribution in [1.29, 1.82) is 0 Å². The highest BCUT2D eigenvalue weighted by molar-refractivity contribution is 5.96. The standard InChI is InChI=1S/C17H19NO3/c19-16(20)8-9-18(14-4-2-1-3-5-14)17(21)15-11-12-6-7-13(15)10-12/h1-7,12-13,15H,8-11H2,(H,19,20). The molecule has 1 amide bonds. The first kappa shape index (κ1) is 13.9. The first-order chi connectivity index (χ1) is 10.1. The lowest BCUT2D eigenvalue weighted by atomic mass is 9.92. The fourth-order valence-corrected chi connectivity index (χ4v) is 3.45. The van der Waals surface area contributed by atoms with Crippen molar-refractivity contribution in [2.75, 3.05) is 11.4 Å². The van der Waals surface area contributed by atoms with Crippen LogP contribution >= 0.6 is 0 Å². The SMILES string of the molecule is O=C(O)CCN(C(=O)C1CC2C=CC1C2)c1ccccc1. The molecule has 21 heavy (non-hydrogen) atoms. The third-order valence-electron chi connectivity index (χ3n) is 4.48. The van der Waals surface area contributed by atoms with Crippen LogP contribution in [-0.4, -0.2) is 23.5 Å². The molecular formula is C17H19NO3. The van der Waals surface area contributed by atoms with E-state index in [1.165, 1.54) is 0 Å². The predicted octanol–water partition coefficient (Wildman–Crippen LogP) is 2.71. The Bertz CT molecular complexity index is 567. The zero-order chi connectivity index (χ0) is 14.8. The number of carboxylic acid groups (broad SMARTS) is 1. The van der Waals surface area contributed by atoms with Gasteiger partial charge in [0.25, 0.3) is 0 Å². The molecule has 110 valence electrons. The van der Waals surface area contributed by atoms with Crippen LogP contribution in [0.3, 0.4) is 0 Å². The fourth-order valence-electron chi connectivity index (χ4n) is 3.45. The van der Waals surface area contributed by atoms with Crippen molar-refractivity contribution in [3.63, 3.8) is 0 Å². The molecular weight excluding hydrogens is 266 g/mol. The second-order valence-electron chi connectivity index (χ2n) is 5.86. The van der Waals surface area contributed by atoms with Crippen molar-refractivity contribution in [2.24, 2.45) is 17.8 Å². The van der Waals surface area contributed by atoms with Crippen molar-refractivity contribution in [1.82, 2.24) is 0 Å². The summed E-state index contributed by atoms with van der Waals surface area (Å²) in [6.45, 7) is 0.232. The number of carbonyl (C=O) groups excluding carboxylic acids is 1. The van der Waals surface area contributed by atoms with E-state index in [0.717, 1.165) is 18.5 Å². The Morgan fingerprint density at radius 2 is 1.90 bits per heavy atom. The molecule has 2 aliphatic carbocycles. The zero-order valence-electron chi connectivity index (χ0n) is 11.8. The normalized spacial score (nSPS) is 26.0. The number of carboxylic acids is 1. The van der Waals surface area contributed by atoms with Crippen LogP contribution in [0.25, 0.3) is 0 Å². The van der Waals surface area contributed by atoms with Crippen LogP contribution in [0.15, 0.2) is 42.5 Å². The summed E-state index contributed by atoms with van der Waals surface area (Å²) in [7, 11) is 0. The Kier molecular flexibility index (Phi) is 3.78. The number of fused-ring (bicyclic) bond motifs is 2. The quantitative estimate of drug-likeness (QED) is 0.846. The third-order valence-corrected chi connectivity index (χ3v) is 4.48. The number of hydrogen-bond acceptors (Lipinski definition) is 2. The zero-order valence-corrected chi connectivity index (χ0v) is 11.8. The average molecular weight is 285 g/mol. The van der Waals surface area contributed by atoms with Gasteiger partial charge in [0.2, 0.25) is 5.91 Å². The molecule has 1 fully saturated rings. The number of benzene rings is 1. The first-order valence-electron chi connectivity index (χ1n) is 7.41. The summed E-state index contributed by atoms with van der Waals surface area (Å²) in [6.07, 6.45) is 6.29. The van der Waals surface area contributed by atoms with E-state index in [0.29, 0.717) is 11.8 Å². The predicted molar refractivity (Wildman–Crippen MR) is 79.9 cm³/mol. The molecule has 0 saturated heterocycles. The smallest absolute Gasteiger partial charge is 0.305 e. The Morgan fingerprint density at radius 1 is 1.14 bits per heavy atom. The maximum absolute atomic E-state index is 12.8. The Morgan fingerprint density at radius 3 is 2.48 bits per heavy atom. The number of para-hydroxylation sites is 1. The van der Waals surface area contributed by atoms with Gasteiger partial charge in [0.15, 0.2) is 0 Å². The van der Waals surface area contributed by atoms with Gasteiger partial charge >= 0.3 is 5.97 Å². The number of anilines is 1. The number of rotatable bonds is 5. The second kappa shape index (κ2) is 5.72. The lowest BCUT2D eigenvalue weighted by Gasteiger charge is -2.28. The highest BCUT2D eigenvalue weighted by Gasteiger charge is 2.41. The largest absolute Gasteiger partial charge is 0.481 e. The number of allylic oxidation sites excluding steroid dienone is 2. The van der Waals surface area contributed by atoms with Crippen LogP contribution in [0.5, 0.6) is 0 Å². The average Bonchev–Trinajstić information content (AvgIpc) is 3.11. The molecule has 1 N–H and O–H groups in total. The number of hydrogen-bond donors (Lipinski definition) is 1. The summed E-state index contributed by atoms with van der Waals surface area (Å²) in [5, 5.41) is 8.91. The van der Waals surface area contributed by atoms with Gasteiger partial charge in [0, 0.05) is 18.2 Å². The minimum Gasteiger partial charge on any atom is -0.481 e. The van der Waals surface area contributed by atoms with E-state index in [4.69, 9.17) is 5.11 Å². The molecule has 1 saturated carbocycles. The number of amides is 1. The van der Waals surface area contributed by atoms with Gasteiger partial charge in [-0.25, -0.2) is 0 Å². The molecule has 3 rings (SSSR count). The van der Waals surface area contributed by atoms with Crippen LogP contribution in [0.1, 0.15) is 19.3 Å². The number of aliphatic carboxylic acids is 1. The van der Waals surface area contributed by atoms with Crippen LogP contribution < -0.4 is 4.90 Å². The van der Waals surface area contributed by atoms with Gasteiger partial charge in [-0.05, 0) is 36.8 Å². The molecule has 0 heterocycles. The van der Waals surface area contributed by atoms with Gasteiger partial charge in [-0.15, -0.1) is 0 Å².